The predicted octanol–water partition coefficient (Wildman–Crippen LogP) is 2.01. The van der Waals surface area contributed by atoms with E-state index in [4.69, 9.17) is 4.74 Å². The Hall–Kier alpha value is -0.930. The molecule has 0 radical (unpaired) electrons. The van der Waals surface area contributed by atoms with E-state index in [1.807, 2.05) is 6.92 Å². The third-order valence-electron chi connectivity index (χ3n) is 5.33. The van der Waals surface area contributed by atoms with Gasteiger partial charge in [-0.2, -0.15) is 0 Å². The fourth-order valence-corrected chi connectivity index (χ4v) is 3.89. The van der Waals surface area contributed by atoms with Gasteiger partial charge in [-0.25, -0.2) is 0 Å². The SMILES string of the molecule is C=C(C)[C@@]12C[C@@]3(CO1)C(=CC2=O)CC[C@@H](O)[C@@H]3C. The van der Waals surface area contributed by atoms with Crippen molar-refractivity contribution in [3.63, 3.8) is 0 Å². The van der Waals surface area contributed by atoms with Crippen LogP contribution in [0.2, 0.25) is 0 Å². The van der Waals surface area contributed by atoms with E-state index in [2.05, 4.69) is 13.5 Å². The second-order valence-electron chi connectivity index (χ2n) is 6.16. The molecule has 0 aromatic heterocycles. The van der Waals surface area contributed by atoms with Gasteiger partial charge in [0.2, 0.25) is 0 Å². The van der Waals surface area contributed by atoms with Gasteiger partial charge in [0.15, 0.2) is 11.4 Å². The standard InChI is InChI=1S/C15H20O3/c1-9(2)15-7-14(8-18-15)10(3)12(16)5-4-11(14)6-13(15)17/h6,10,12,16H,1,4-5,7-8H2,2-3H3/t10-,12+,14-,15+/m0/s1. The van der Waals surface area contributed by atoms with Crippen LogP contribution in [-0.4, -0.2) is 29.2 Å². The molecule has 1 N–H and O–H groups in total. The zero-order chi connectivity index (χ0) is 13.1. The lowest BCUT2D eigenvalue weighted by molar-refractivity contribution is -0.130. The Labute approximate surface area is 108 Å². The summed E-state index contributed by atoms with van der Waals surface area (Å²) in [5, 5.41) is 10.1. The largest absolute Gasteiger partial charge is 0.393 e. The Kier molecular flexibility index (Phi) is 2.39. The average molecular weight is 248 g/mol. The van der Waals surface area contributed by atoms with E-state index in [-0.39, 0.29) is 23.2 Å². The smallest absolute Gasteiger partial charge is 0.191 e. The Morgan fingerprint density at radius 2 is 2.33 bits per heavy atom. The molecule has 4 atom stereocenters. The highest BCUT2D eigenvalue weighted by Crippen LogP contribution is 2.59. The minimum atomic E-state index is -0.825. The van der Waals surface area contributed by atoms with Crippen LogP contribution in [0.3, 0.4) is 0 Å². The average Bonchev–Trinajstić information content (AvgIpc) is 2.69. The molecule has 0 aromatic carbocycles. The number of fused-ring (bicyclic) bond motifs is 1. The van der Waals surface area contributed by atoms with Crippen molar-refractivity contribution in [1.82, 2.24) is 0 Å². The summed E-state index contributed by atoms with van der Waals surface area (Å²) in [6.07, 6.45) is 3.71. The molecule has 0 unspecified atom stereocenters. The van der Waals surface area contributed by atoms with Gasteiger partial charge in [-0.05, 0) is 43.8 Å². The summed E-state index contributed by atoms with van der Waals surface area (Å²) in [5.74, 6) is 0.188. The Morgan fingerprint density at radius 1 is 1.61 bits per heavy atom. The van der Waals surface area contributed by atoms with E-state index in [9.17, 15) is 9.90 Å². The fourth-order valence-electron chi connectivity index (χ4n) is 3.89. The highest BCUT2D eigenvalue weighted by molar-refractivity contribution is 6.02. The summed E-state index contributed by atoms with van der Waals surface area (Å²) in [4.78, 5) is 12.3. The quantitative estimate of drug-likeness (QED) is 0.722. The van der Waals surface area contributed by atoms with Gasteiger partial charge in [-0.1, -0.05) is 19.1 Å². The van der Waals surface area contributed by atoms with E-state index in [1.54, 1.807) is 6.08 Å². The van der Waals surface area contributed by atoms with Crippen molar-refractivity contribution in [2.45, 2.75) is 44.8 Å². The maximum Gasteiger partial charge on any atom is 0.191 e. The number of hydrogen-bond donors (Lipinski definition) is 1. The molecular weight excluding hydrogens is 228 g/mol. The van der Waals surface area contributed by atoms with Crippen LogP contribution in [0.4, 0.5) is 0 Å². The maximum atomic E-state index is 12.3. The summed E-state index contributed by atoms with van der Waals surface area (Å²) in [7, 11) is 0. The van der Waals surface area contributed by atoms with E-state index < -0.39 is 5.60 Å². The van der Waals surface area contributed by atoms with E-state index >= 15 is 0 Å². The van der Waals surface area contributed by atoms with Crippen LogP contribution in [0.25, 0.3) is 0 Å². The minimum absolute atomic E-state index is 0.0433. The van der Waals surface area contributed by atoms with Crippen molar-refractivity contribution in [3.05, 3.63) is 23.8 Å². The van der Waals surface area contributed by atoms with Crippen LogP contribution in [0.1, 0.15) is 33.1 Å². The van der Waals surface area contributed by atoms with Crippen molar-refractivity contribution >= 4 is 5.78 Å². The first-order valence-corrected chi connectivity index (χ1v) is 6.66. The Morgan fingerprint density at radius 3 is 3.00 bits per heavy atom. The number of carbonyl (C=O) groups excluding carboxylic acids is 1. The molecule has 2 bridgehead atoms. The number of ether oxygens (including phenoxy) is 1. The Balaban J connectivity index is 2.11. The molecule has 3 heteroatoms. The monoisotopic (exact) mass is 248 g/mol. The molecule has 3 rings (SSSR count). The van der Waals surface area contributed by atoms with E-state index in [0.717, 1.165) is 18.4 Å². The van der Waals surface area contributed by atoms with Crippen LogP contribution in [0, 0.1) is 11.3 Å². The number of ketones is 1. The summed E-state index contributed by atoms with van der Waals surface area (Å²) in [6, 6.07) is 0. The highest BCUT2D eigenvalue weighted by atomic mass is 16.5. The first kappa shape index (κ1) is 12.1. The van der Waals surface area contributed by atoms with Gasteiger partial charge in [0.05, 0.1) is 12.7 Å². The molecule has 98 valence electrons. The summed E-state index contributed by atoms with van der Waals surface area (Å²) >= 11 is 0. The molecule has 1 saturated heterocycles. The van der Waals surface area contributed by atoms with Crippen LogP contribution in [0.5, 0.6) is 0 Å². The second kappa shape index (κ2) is 3.55. The molecule has 0 amide bonds. The molecule has 3 nitrogen and oxygen atoms in total. The zero-order valence-corrected chi connectivity index (χ0v) is 11.0. The van der Waals surface area contributed by atoms with Gasteiger partial charge in [-0.15, -0.1) is 0 Å². The molecule has 0 aromatic rings. The van der Waals surface area contributed by atoms with E-state index in [1.165, 1.54) is 5.57 Å². The topological polar surface area (TPSA) is 46.5 Å². The predicted molar refractivity (Wildman–Crippen MR) is 68.0 cm³/mol. The maximum absolute atomic E-state index is 12.3. The molecule has 1 heterocycles. The van der Waals surface area contributed by atoms with Crippen molar-refractivity contribution in [2.24, 2.45) is 11.3 Å². The molecule has 2 aliphatic carbocycles. The van der Waals surface area contributed by atoms with E-state index in [0.29, 0.717) is 13.0 Å². The molecule has 3 aliphatic rings. The molecule has 2 fully saturated rings. The van der Waals surface area contributed by atoms with Crippen LogP contribution < -0.4 is 0 Å². The first-order chi connectivity index (χ1) is 8.42. The molecule has 1 saturated carbocycles. The molecule has 18 heavy (non-hydrogen) atoms. The van der Waals surface area contributed by atoms with Gasteiger partial charge in [0.25, 0.3) is 0 Å². The van der Waals surface area contributed by atoms with Crippen molar-refractivity contribution in [1.29, 1.82) is 0 Å². The third kappa shape index (κ3) is 1.24. The van der Waals surface area contributed by atoms with Crippen molar-refractivity contribution in [2.75, 3.05) is 6.61 Å². The number of carbonyl (C=O) groups is 1. The lowest BCUT2D eigenvalue weighted by Gasteiger charge is -2.46. The van der Waals surface area contributed by atoms with Crippen LogP contribution in [0.15, 0.2) is 23.8 Å². The van der Waals surface area contributed by atoms with Gasteiger partial charge < -0.3 is 9.84 Å². The molecule has 1 spiro atoms. The normalized spacial score (nSPS) is 46.6. The van der Waals surface area contributed by atoms with Crippen LogP contribution >= 0.6 is 0 Å². The van der Waals surface area contributed by atoms with Gasteiger partial charge in [0, 0.05) is 5.41 Å². The van der Waals surface area contributed by atoms with Gasteiger partial charge in [0.1, 0.15) is 0 Å². The Bertz CT molecular complexity index is 464. The fraction of sp³-hybridized carbons (Fsp3) is 0.667. The lowest BCUT2D eigenvalue weighted by atomic mass is 9.57. The van der Waals surface area contributed by atoms with Crippen LogP contribution in [-0.2, 0) is 9.53 Å². The molecular formula is C15H20O3. The summed E-state index contributed by atoms with van der Waals surface area (Å²) in [5.41, 5.74) is 0.992. The number of aliphatic hydroxyl groups excluding tert-OH is 1. The van der Waals surface area contributed by atoms with Crippen molar-refractivity contribution in [3.8, 4) is 0 Å². The zero-order valence-electron chi connectivity index (χ0n) is 11.0. The van der Waals surface area contributed by atoms with Gasteiger partial charge in [-0.3, -0.25) is 4.79 Å². The second-order valence-corrected chi connectivity index (χ2v) is 6.16. The lowest BCUT2D eigenvalue weighted by Crippen LogP contribution is -2.48. The highest BCUT2D eigenvalue weighted by Gasteiger charge is 2.62. The number of aliphatic hydroxyl groups is 1. The first-order valence-electron chi connectivity index (χ1n) is 6.66. The molecule has 1 aliphatic heterocycles. The minimum Gasteiger partial charge on any atom is -0.393 e. The van der Waals surface area contributed by atoms with Crippen molar-refractivity contribution < 1.29 is 14.6 Å². The third-order valence-corrected chi connectivity index (χ3v) is 5.33. The number of hydrogen-bond acceptors (Lipinski definition) is 3. The van der Waals surface area contributed by atoms with Gasteiger partial charge >= 0.3 is 0 Å². The summed E-state index contributed by atoms with van der Waals surface area (Å²) in [6.45, 7) is 8.41. The summed E-state index contributed by atoms with van der Waals surface area (Å²) < 4.78 is 5.90. The number of rotatable bonds is 1.